The van der Waals surface area contributed by atoms with Gasteiger partial charge in [-0.1, -0.05) is 0 Å². The summed E-state index contributed by atoms with van der Waals surface area (Å²) < 4.78 is 5.14. The second-order valence-corrected chi connectivity index (χ2v) is 5.71. The molecule has 26 heavy (non-hydrogen) atoms. The third-order valence-electron chi connectivity index (χ3n) is 3.91. The van der Waals surface area contributed by atoms with E-state index in [1.165, 1.54) is 31.9 Å². The average molecular weight is 357 g/mol. The summed E-state index contributed by atoms with van der Waals surface area (Å²) in [6.45, 7) is 1.80. The Hall–Kier alpha value is -3.30. The molecule has 10 heteroatoms. The van der Waals surface area contributed by atoms with Gasteiger partial charge in [0.15, 0.2) is 0 Å². The first-order valence-corrected chi connectivity index (χ1v) is 8.24. The molecule has 1 aliphatic heterocycles. The summed E-state index contributed by atoms with van der Waals surface area (Å²) in [6, 6.07) is 6.27. The number of nitrogens with zero attached hydrogens (tertiary/aromatic N) is 6. The van der Waals surface area contributed by atoms with E-state index in [2.05, 4.69) is 30.4 Å². The highest BCUT2D eigenvalue weighted by Gasteiger charge is 2.16. The maximum absolute atomic E-state index is 10.7. The molecule has 2 heterocycles. The predicted molar refractivity (Wildman–Crippen MR) is 96.8 cm³/mol. The highest BCUT2D eigenvalue weighted by molar-refractivity contribution is 5.80. The summed E-state index contributed by atoms with van der Waals surface area (Å²) in [5.74, 6) is 0.833. The number of hydrogen-bond donors (Lipinski definition) is 1. The summed E-state index contributed by atoms with van der Waals surface area (Å²) in [5.41, 5.74) is 3.49. The molecule has 1 aliphatic rings. The van der Waals surface area contributed by atoms with Crippen LogP contribution in [0.1, 0.15) is 24.8 Å². The topological polar surface area (TPSA) is 119 Å². The number of nitro benzene ring substituents is 1. The molecule has 1 aromatic heterocycles. The van der Waals surface area contributed by atoms with Crippen LogP contribution in [-0.4, -0.2) is 46.3 Å². The smallest absolute Gasteiger partial charge is 0.322 e. The van der Waals surface area contributed by atoms with Gasteiger partial charge < -0.3 is 9.64 Å². The zero-order valence-electron chi connectivity index (χ0n) is 14.3. The van der Waals surface area contributed by atoms with Crippen LogP contribution in [0, 0.1) is 10.1 Å². The molecule has 0 atom stereocenters. The number of methoxy groups -OCH3 is 1. The number of ether oxygens (including phenoxy) is 1. The van der Waals surface area contributed by atoms with Crippen LogP contribution in [0.4, 0.5) is 17.6 Å². The van der Waals surface area contributed by atoms with Crippen molar-refractivity contribution >= 4 is 23.8 Å². The number of hydrazone groups is 1. The molecule has 0 saturated carbocycles. The van der Waals surface area contributed by atoms with E-state index in [4.69, 9.17) is 4.74 Å². The van der Waals surface area contributed by atoms with Gasteiger partial charge in [0.05, 0.1) is 18.2 Å². The average Bonchev–Trinajstić information content (AvgIpc) is 2.69. The van der Waals surface area contributed by atoms with Crippen molar-refractivity contribution in [3.63, 3.8) is 0 Å². The van der Waals surface area contributed by atoms with Crippen molar-refractivity contribution in [3.8, 4) is 6.01 Å². The Labute approximate surface area is 150 Å². The minimum Gasteiger partial charge on any atom is -0.467 e. The molecule has 0 aliphatic carbocycles. The number of anilines is 2. The van der Waals surface area contributed by atoms with Crippen molar-refractivity contribution in [2.45, 2.75) is 19.3 Å². The number of nitrogens with one attached hydrogen (secondary N) is 1. The Morgan fingerprint density at radius 1 is 1.19 bits per heavy atom. The molecule has 10 nitrogen and oxygen atoms in total. The zero-order valence-corrected chi connectivity index (χ0v) is 14.3. The van der Waals surface area contributed by atoms with Crippen molar-refractivity contribution in [1.29, 1.82) is 0 Å². The predicted octanol–water partition coefficient (Wildman–Crippen LogP) is 2.22. The molecular weight excluding hydrogens is 338 g/mol. The van der Waals surface area contributed by atoms with E-state index < -0.39 is 4.92 Å². The van der Waals surface area contributed by atoms with Gasteiger partial charge in [-0.15, -0.1) is 0 Å². The van der Waals surface area contributed by atoms with Crippen LogP contribution in [0.15, 0.2) is 29.4 Å². The molecule has 1 N–H and O–H groups in total. The third-order valence-corrected chi connectivity index (χ3v) is 3.91. The maximum atomic E-state index is 10.7. The SMILES string of the molecule is COc1nc(N/N=C\c2ccc([N+](=O)[O-])cc2)nc(N2CCCCC2)n1. The molecule has 0 radical (unpaired) electrons. The van der Waals surface area contributed by atoms with E-state index in [0.29, 0.717) is 11.5 Å². The lowest BCUT2D eigenvalue weighted by Gasteiger charge is -2.26. The standard InChI is InChI=1S/C16H19N7O3/c1-26-16-19-14(18-15(20-16)22-9-3-2-4-10-22)21-17-11-12-5-7-13(8-6-12)23(24)25/h5-8,11H,2-4,9-10H2,1H3,(H,18,19,20,21)/b17-11-. The second-order valence-electron chi connectivity index (χ2n) is 5.71. The fourth-order valence-corrected chi connectivity index (χ4v) is 2.57. The van der Waals surface area contributed by atoms with Gasteiger partial charge in [0.25, 0.3) is 11.6 Å². The monoisotopic (exact) mass is 357 g/mol. The van der Waals surface area contributed by atoms with Gasteiger partial charge in [0.2, 0.25) is 5.95 Å². The quantitative estimate of drug-likeness (QED) is 0.475. The van der Waals surface area contributed by atoms with Gasteiger partial charge >= 0.3 is 6.01 Å². The normalized spacial score (nSPS) is 14.4. The Morgan fingerprint density at radius 2 is 1.92 bits per heavy atom. The van der Waals surface area contributed by atoms with Crippen LogP contribution in [0.25, 0.3) is 0 Å². The van der Waals surface area contributed by atoms with Crippen LogP contribution >= 0.6 is 0 Å². The minimum absolute atomic E-state index is 0.0310. The highest BCUT2D eigenvalue weighted by Crippen LogP contribution is 2.19. The molecule has 1 aromatic carbocycles. The van der Waals surface area contributed by atoms with E-state index in [9.17, 15) is 10.1 Å². The lowest BCUT2D eigenvalue weighted by molar-refractivity contribution is -0.384. The van der Waals surface area contributed by atoms with Gasteiger partial charge in [-0.25, -0.2) is 5.43 Å². The number of rotatable bonds is 6. The molecule has 2 aromatic rings. The molecular formula is C16H19N7O3. The lowest BCUT2D eigenvalue weighted by atomic mass is 10.1. The number of non-ortho nitro benzene ring substituents is 1. The fourth-order valence-electron chi connectivity index (χ4n) is 2.57. The van der Waals surface area contributed by atoms with Crippen LogP contribution in [0.3, 0.4) is 0 Å². The first-order chi connectivity index (χ1) is 12.7. The van der Waals surface area contributed by atoms with Gasteiger partial charge in [-0.3, -0.25) is 10.1 Å². The summed E-state index contributed by atoms with van der Waals surface area (Å²) in [7, 11) is 1.50. The van der Waals surface area contributed by atoms with Crippen molar-refractivity contribution in [1.82, 2.24) is 15.0 Å². The Morgan fingerprint density at radius 3 is 2.58 bits per heavy atom. The summed E-state index contributed by atoms with van der Waals surface area (Å²) in [4.78, 5) is 25.1. The largest absolute Gasteiger partial charge is 0.467 e. The van der Waals surface area contributed by atoms with Gasteiger partial charge in [-0.2, -0.15) is 20.1 Å². The van der Waals surface area contributed by atoms with Crippen molar-refractivity contribution in [3.05, 3.63) is 39.9 Å². The second kappa shape index (κ2) is 8.19. The molecule has 1 fully saturated rings. The first kappa shape index (κ1) is 17.5. The van der Waals surface area contributed by atoms with Crippen LogP contribution < -0.4 is 15.1 Å². The van der Waals surface area contributed by atoms with E-state index >= 15 is 0 Å². The minimum atomic E-state index is -0.446. The number of piperidine rings is 1. The highest BCUT2D eigenvalue weighted by atomic mass is 16.6. The fraction of sp³-hybridized carbons (Fsp3) is 0.375. The molecule has 136 valence electrons. The molecule has 0 bridgehead atoms. The van der Waals surface area contributed by atoms with Gasteiger partial charge in [0, 0.05) is 25.2 Å². The number of benzene rings is 1. The lowest BCUT2D eigenvalue weighted by Crippen LogP contribution is -2.31. The van der Waals surface area contributed by atoms with Crippen molar-refractivity contribution < 1.29 is 9.66 Å². The summed E-state index contributed by atoms with van der Waals surface area (Å²) >= 11 is 0. The zero-order chi connectivity index (χ0) is 18.4. The van der Waals surface area contributed by atoms with Crippen LogP contribution in [0.2, 0.25) is 0 Å². The maximum Gasteiger partial charge on any atom is 0.322 e. The van der Waals surface area contributed by atoms with Crippen molar-refractivity contribution in [2.75, 3.05) is 30.5 Å². The van der Waals surface area contributed by atoms with E-state index in [1.807, 2.05) is 0 Å². The number of nitro groups is 1. The van der Waals surface area contributed by atoms with Crippen LogP contribution in [0.5, 0.6) is 6.01 Å². The molecule has 0 spiro atoms. The van der Waals surface area contributed by atoms with Gasteiger partial charge in [0.1, 0.15) is 0 Å². The Kier molecular flexibility index (Phi) is 5.52. The summed E-state index contributed by atoms with van der Waals surface area (Å²) in [5, 5.41) is 14.7. The third kappa shape index (κ3) is 4.41. The van der Waals surface area contributed by atoms with E-state index in [-0.39, 0.29) is 17.6 Å². The molecule has 1 saturated heterocycles. The van der Waals surface area contributed by atoms with Crippen molar-refractivity contribution in [2.24, 2.45) is 5.10 Å². The van der Waals surface area contributed by atoms with Gasteiger partial charge in [-0.05, 0) is 37.0 Å². The number of hydrogen-bond acceptors (Lipinski definition) is 9. The van der Waals surface area contributed by atoms with Crippen LogP contribution in [-0.2, 0) is 0 Å². The van der Waals surface area contributed by atoms with E-state index in [1.54, 1.807) is 12.1 Å². The Balaban J connectivity index is 1.71. The first-order valence-electron chi connectivity index (χ1n) is 8.24. The summed E-state index contributed by atoms with van der Waals surface area (Å²) in [6.07, 6.45) is 4.95. The molecule has 0 unspecified atom stereocenters. The molecule has 3 rings (SSSR count). The van der Waals surface area contributed by atoms with E-state index in [0.717, 1.165) is 25.9 Å². The Bertz CT molecular complexity index is 789. The molecule has 0 amide bonds. The number of aromatic nitrogens is 3.